The van der Waals surface area contributed by atoms with Gasteiger partial charge < -0.3 is 9.47 Å². The van der Waals surface area contributed by atoms with E-state index >= 15 is 0 Å². The van der Waals surface area contributed by atoms with Crippen LogP contribution in [-0.2, 0) is 15.9 Å². The summed E-state index contributed by atoms with van der Waals surface area (Å²) < 4.78 is 24.7. The highest BCUT2D eigenvalue weighted by molar-refractivity contribution is 5.18. The van der Waals surface area contributed by atoms with E-state index in [1.165, 1.54) is 6.07 Å². The minimum atomic E-state index is -0.0998. The maximum Gasteiger partial charge on any atom is 0.126 e. The predicted molar refractivity (Wildman–Crippen MR) is 75.2 cm³/mol. The van der Waals surface area contributed by atoms with E-state index in [1.54, 1.807) is 13.2 Å². The van der Waals surface area contributed by atoms with Gasteiger partial charge in [0.05, 0.1) is 25.4 Å². The third kappa shape index (κ3) is 2.87. The summed E-state index contributed by atoms with van der Waals surface area (Å²) in [5, 5.41) is 0. The minimum Gasteiger partial charge on any atom is -0.380 e. The molecular formula is C16H22FNO2. The van der Waals surface area contributed by atoms with Gasteiger partial charge in [-0.25, -0.2) is 4.39 Å². The van der Waals surface area contributed by atoms with E-state index in [-0.39, 0.29) is 11.9 Å². The molecule has 0 saturated carbocycles. The summed E-state index contributed by atoms with van der Waals surface area (Å²) in [6.07, 6.45) is 2.01. The molecule has 4 heteroatoms. The number of hydrogen-bond donors (Lipinski definition) is 0. The molecule has 2 fully saturated rings. The molecule has 0 amide bonds. The van der Waals surface area contributed by atoms with Crippen LogP contribution in [0.15, 0.2) is 24.3 Å². The first kappa shape index (κ1) is 14.0. The molecule has 20 heavy (non-hydrogen) atoms. The Morgan fingerprint density at radius 2 is 2.15 bits per heavy atom. The molecule has 0 aromatic heterocycles. The molecule has 2 aliphatic heterocycles. The van der Waals surface area contributed by atoms with Crippen molar-refractivity contribution in [3.8, 4) is 0 Å². The fourth-order valence-electron chi connectivity index (χ4n) is 3.20. The Hall–Kier alpha value is -0.970. The van der Waals surface area contributed by atoms with Gasteiger partial charge in [0, 0.05) is 13.7 Å². The molecular weight excluding hydrogens is 257 g/mol. The third-order valence-electron chi connectivity index (χ3n) is 4.61. The number of rotatable bonds is 4. The number of halogens is 1. The lowest BCUT2D eigenvalue weighted by Gasteiger charge is -2.44. The maximum atomic E-state index is 13.8. The van der Waals surface area contributed by atoms with Gasteiger partial charge in [0.1, 0.15) is 5.82 Å². The predicted octanol–water partition coefficient (Wildman–Crippen LogP) is 2.10. The van der Waals surface area contributed by atoms with Crippen molar-refractivity contribution in [2.24, 2.45) is 5.92 Å². The van der Waals surface area contributed by atoms with Crippen molar-refractivity contribution >= 4 is 0 Å². The number of piperidine rings is 1. The lowest BCUT2D eigenvalue weighted by molar-refractivity contribution is -0.102. The molecule has 0 aliphatic carbocycles. The van der Waals surface area contributed by atoms with Crippen molar-refractivity contribution < 1.29 is 13.9 Å². The van der Waals surface area contributed by atoms with E-state index in [9.17, 15) is 4.39 Å². The number of ether oxygens (including phenoxy) is 2. The van der Waals surface area contributed by atoms with Gasteiger partial charge in [-0.05, 0) is 36.9 Å². The zero-order chi connectivity index (χ0) is 13.9. The molecule has 1 aromatic rings. The lowest BCUT2D eigenvalue weighted by Crippen LogP contribution is -2.56. The summed E-state index contributed by atoms with van der Waals surface area (Å²) in [6.45, 7) is 3.68. The number of methoxy groups -OCH3 is 1. The second-order valence-corrected chi connectivity index (χ2v) is 5.80. The van der Waals surface area contributed by atoms with Gasteiger partial charge in [-0.3, -0.25) is 4.90 Å². The van der Waals surface area contributed by atoms with Crippen molar-refractivity contribution in [1.82, 2.24) is 4.90 Å². The molecule has 0 radical (unpaired) electrons. The van der Waals surface area contributed by atoms with Crippen LogP contribution < -0.4 is 0 Å². The lowest BCUT2D eigenvalue weighted by atomic mass is 9.87. The molecule has 0 unspecified atom stereocenters. The highest BCUT2D eigenvalue weighted by Crippen LogP contribution is 2.27. The van der Waals surface area contributed by atoms with E-state index in [0.29, 0.717) is 12.0 Å². The Labute approximate surface area is 119 Å². The summed E-state index contributed by atoms with van der Waals surface area (Å²) in [5.74, 6) is 0.298. The Kier molecular flexibility index (Phi) is 4.34. The number of nitrogens with zero attached hydrogens (tertiary/aromatic N) is 1. The summed E-state index contributed by atoms with van der Waals surface area (Å²) in [5.41, 5.74) is 0.806. The molecule has 3 rings (SSSR count). The van der Waals surface area contributed by atoms with Crippen LogP contribution in [0.1, 0.15) is 12.0 Å². The normalized spacial score (nSPS) is 28.3. The maximum absolute atomic E-state index is 13.8. The minimum absolute atomic E-state index is 0.0998. The van der Waals surface area contributed by atoms with Gasteiger partial charge in [0.15, 0.2) is 0 Å². The van der Waals surface area contributed by atoms with Gasteiger partial charge in [0.2, 0.25) is 0 Å². The molecule has 0 bridgehead atoms. The first-order valence-corrected chi connectivity index (χ1v) is 7.36. The van der Waals surface area contributed by atoms with Crippen LogP contribution in [0.5, 0.6) is 0 Å². The highest BCUT2D eigenvalue weighted by atomic mass is 19.1. The van der Waals surface area contributed by atoms with Gasteiger partial charge >= 0.3 is 0 Å². The van der Waals surface area contributed by atoms with Crippen LogP contribution in [-0.4, -0.2) is 50.5 Å². The molecule has 0 N–H and O–H groups in total. The van der Waals surface area contributed by atoms with E-state index in [4.69, 9.17) is 9.47 Å². The first-order chi connectivity index (χ1) is 9.78. The largest absolute Gasteiger partial charge is 0.380 e. The standard InChI is InChI=1S/C16H22FNO2/c1-19-16-9-18(14-10-20-11-14)7-6-13(16)8-12-4-2-3-5-15(12)17/h2-5,13-14,16H,6-11H2,1H3/t13-,16-/m1/s1. The molecule has 2 heterocycles. The van der Waals surface area contributed by atoms with Crippen LogP contribution in [0.4, 0.5) is 4.39 Å². The fraction of sp³-hybridized carbons (Fsp3) is 0.625. The van der Waals surface area contributed by atoms with Crippen molar-refractivity contribution in [2.75, 3.05) is 33.4 Å². The molecule has 110 valence electrons. The zero-order valence-corrected chi connectivity index (χ0v) is 11.9. The van der Waals surface area contributed by atoms with Crippen molar-refractivity contribution in [1.29, 1.82) is 0 Å². The van der Waals surface area contributed by atoms with Crippen molar-refractivity contribution in [3.05, 3.63) is 35.6 Å². The number of benzene rings is 1. The summed E-state index contributed by atoms with van der Waals surface area (Å²) in [7, 11) is 1.76. The Bertz CT molecular complexity index is 450. The van der Waals surface area contributed by atoms with Gasteiger partial charge in [-0.2, -0.15) is 0 Å². The topological polar surface area (TPSA) is 21.7 Å². The van der Waals surface area contributed by atoms with Crippen LogP contribution in [0.2, 0.25) is 0 Å². The van der Waals surface area contributed by atoms with Crippen LogP contribution in [0, 0.1) is 11.7 Å². The van der Waals surface area contributed by atoms with E-state index in [1.807, 2.05) is 12.1 Å². The average molecular weight is 279 g/mol. The Morgan fingerprint density at radius 3 is 2.80 bits per heavy atom. The second-order valence-electron chi connectivity index (χ2n) is 5.80. The summed E-state index contributed by atoms with van der Waals surface area (Å²) in [6, 6.07) is 7.63. The molecule has 0 spiro atoms. The summed E-state index contributed by atoms with van der Waals surface area (Å²) in [4.78, 5) is 2.45. The van der Waals surface area contributed by atoms with Gasteiger partial charge in [0.25, 0.3) is 0 Å². The van der Waals surface area contributed by atoms with E-state index in [2.05, 4.69) is 4.90 Å². The van der Waals surface area contributed by atoms with Crippen molar-refractivity contribution in [3.63, 3.8) is 0 Å². The molecule has 2 atom stereocenters. The molecule has 3 nitrogen and oxygen atoms in total. The second kappa shape index (κ2) is 6.20. The Balaban J connectivity index is 1.63. The third-order valence-corrected chi connectivity index (χ3v) is 4.61. The fourth-order valence-corrected chi connectivity index (χ4v) is 3.20. The van der Waals surface area contributed by atoms with Crippen LogP contribution in [0.3, 0.4) is 0 Å². The smallest absolute Gasteiger partial charge is 0.126 e. The summed E-state index contributed by atoms with van der Waals surface area (Å²) >= 11 is 0. The van der Waals surface area contributed by atoms with Gasteiger partial charge in [-0.15, -0.1) is 0 Å². The zero-order valence-electron chi connectivity index (χ0n) is 11.9. The quantitative estimate of drug-likeness (QED) is 0.842. The van der Waals surface area contributed by atoms with Gasteiger partial charge in [-0.1, -0.05) is 18.2 Å². The monoisotopic (exact) mass is 279 g/mol. The van der Waals surface area contributed by atoms with Crippen molar-refractivity contribution in [2.45, 2.75) is 25.0 Å². The number of likely N-dealkylation sites (tertiary alicyclic amines) is 1. The molecule has 2 aliphatic rings. The van der Waals surface area contributed by atoms with E-state index in [0.717, 1.165) is 44.7 Å². The average Bonchev–Trinajstić information content (AvgIpc) is 2.41. The number of hydrogen-bond acceptors (Lipinski definition) is 3. The van der Waals surface area contributed by atoms with Crippen LogP contribution >= 0.6 is 0 Å². The van der Waals surface area contributed by atoms with E-state index < -0.39 is 0 Å². The highest BCUT2D eigenvalue weighted by Gasteiger charge is 2.35. The first-order valence-electron chi connectivity index (χ1n) is 7.36. The molecule has 1 aromatic carbocycles. The SMILES string of the molecule is CO[C@@H]1CN(C2COC2)CC[C@@H]1Cc1ccccc1F. The molecule has 2 saturated heterocycles. The Morgan fingerprint density at radius 1 is 1.35 bits per heavy atom. The van der Waals surface area contributed by atoms with Crippen LogP contribution in [0.25, 0.3) is 0 Å².